The predicted octanol–water partition coefficient (Wildman–Crippen LogP) is 5.93. The minimum Gasteiger partial charge on any atom is -0.462 e. The van der Waals surface area contributed by atoms with Crippen LogP contribution in [0.1, 0.15) is 112 Å². The Kier molecular flexibility index (Phi) is 8.43. The Morgan fingerprint density at radius 2 is 1.67 bits per heavy atom. The van der Waals surface area contributed by atoms with Crippen molar-refractivity contribution in [3.05, 3.63) is 0 Å². The SMILES string of the molecule is C[C@@H](CCC(=O)OC1CCN(C(=O)OC(C)(C)C)CC1)C1CC[C@@H]2[C@@H]3C(=O)C[C@@H]4CC(=O)CC[C@]4(C)[C@@H]3CC(=O)[C@]12C. The van der Waals surface area contributed by atoms with Crippen molar-refractivity contribution in [1.29, 1.82) is 0 Å². The van der Waals surface area contributed by atoms with Gasteiger partial charge in [-0.15, -0.1) is 0 Å². The van der Waals surface area contributed by atoms with E-state index in [4.69, 9.17) is 9.47 Å². The number of rotatable bonds is 5. The zero-order valence-corrected chi connectivity index (χ0v) is 26.5. The lowest BCUT2D eigenvalue weighted by molar-refractivity contribution is -0.166. The molecule has 8 nitrogen and oxygen atoms in total. The third-order valence-corrected chi connectivity index (χ3v) is 12.1. The predicted molar refractivity (Wildman–Crippen MR) is 156 cm³/mol. The number of ketones is 3. The molecule has 0 N–H and O–H groups in total. The van der Waals surface area contributed by atoms with Gasteiger partial charge in [0.25, 0.3) is 0 Å². The first-order chi connectivity index (χ1) is 19.6. The molecule has 0 bridgehead atoms. The summed E-state index contributed by atoms with van der Waals surface area (Å²) in [6, 6.07) is 0. The van der Waals surface area contributed by atoms with Gasteiger partial charge in [0.05, 0.1) is 0 Å². The summed E-state index contributed by atoms with van der Waals surface area (Å²) < 4.78 is 11.2. The number of likely N-dealkylation sites (tertiary alicyclic amines) is 1. The Bertz CT molecular complexity index is 1120. The largest absolute Gasteiger partial charge is 0.462 e. The monoisotopic (exact) mass is 585 g/mol. The molecule has 234 valence electrons. The summed E-state index contributed by atoms with van der Waals surface area (Å²) in [4.78, 5) is 66.6. The van der Waals surface area contributed by atoms with E-state index in [-0.39, 0.29) is 76.4 Å². The molecule has 5 rings (SSSR count). The lowest BCUT2D eigenvalue weighted by Gasteiger charge is -2.58. The number of Topliss-reactive ketones (excluding diaryl/α,β-unsaturated/α-hetero) is 3. The molecule has 42 heavy (non-hydrogen) atoms. The van der Waals surface area contributed by atoms with Crippen LogP contribution in [0.5, 0.6) is 0 Å². The van der Waals surface area contributed by atoms with E-state index in [0.29, 0.717) is 64.5 Å². The van der Waals surface area contributed by atoms with Gasteiger partial charge in [-0.3, -0.25) is 19.2 Å². The quantitative estimate of drug-likeness (QED) is 0.368. The third-order valence-electron chi connectivity index (χ3n) is 12.1. The average molecular weight is 586 g/mol. The zero-order chi connectivity index (χ0) is 30.6. The maximum absolute atomic E-state index is 14.0. The Balaban J connectivity index is 1.15. The van der Waals surface area contributed by atoms with Crippen molar-refractivity contribution in [1.82, 2.24) is 4.90 Å². The van der Waals surface area contributed by atoms with Gasteiger partial charge >= 0.3 is 12.1 Å². The van der Waals surface area contributed by atoms with Gasteiger partial charge in [-0.05, 0) is 81.5 Å². The van der Waals surface area contributed by atoms with Crippen LogP contribution in [0, 0.1) is 46.3 Å². The van der Waals surface area contributed by atoms with Gasteiger partial charge in [0.15, 0.2) is 0 Å². The minimum atomic E-state index is -0.540. The van der Waals surface area contributed by atoms with Crippen LogP contribution < -0.4 is 0 Å². The maximum atomic E-state index is 14.0. The summed E-state index contributed by atoms with van der Waals surface area (Å²) >= 11 is 0. The fourth-order valence-corrected chi connectivity index (χ4v) is 9.66. The van der Waals surface area contributed by atoms with Crippen LogP contribution in [-0.4, -0.2) is 59.1 Å². The van der Waals surface area contributed by atoms with E-state index in [1.165, 1.54) is 0 Å². The Labute approximate surface area is 251 Å². The van der Waals surface area contributed by atoms with Crippen molar-refractivity contribution in [2.45, 2.75) is 124 Å². The van der Waals surface area contributed by atoms with Gasteiger partial charge in [0.2, 0.25) is 0 Å². The summed E-state index contributed by atoms with van der Waals surface area (Å²) in [5, 5.41) is 0. The van der Waals surface area contributed by atoms with E-state index in [2.05, 4.69) is 20.8 Å². The molecular formula is C34H51NO7. The molecule has 4 saturated carbocycles. The van der Waals surface area contributed by atoms with Gasteiger partial charge in [-0.1, -0.05) is 20.8 Å². The Morgan fingerprint density at radius 1 is 0.976 bits per heavy atom. The number of carbonyl (C=O) groups is 5. The van der Waals surface area contributed by atoms with Gasteiger partial charge < -0.3 is 14.4 Å². The molecule has 1 amide bonds. The fourth-order valence-electron chi connectivity index (χ4n) is 9.66. The third kappa shape index (κ3) is 5.68. The topological polar surface area (TPSA) is 107 Å². The van der Waals surface area contributed by atoms with Crippen LogP contribution in [0.25, 0.3) is 0 Å². The van der Waals surface area contributed by atoms with Gasteiger partial charge in [-0.2, -0.15) is 0 Å². The van der Waals surface area contributed by atoms with Crippen molar-refractivity contribution in [3.63, 3.8) is 0 Å². The first-order valence-electron chi connectivity index (χ1n) is 16.4. The number of esters is 1. The standard InChI is InChI=1S/C34H51NO7/c1-20(7-10-29(39)41-23-12-15-35(16-13-23)31(40)42-32(2,3)4)24-8-9-25-30-26(19-28(38)34(24,25)6)33(5)14-11-22(36)17-21(33)18-27(30)37/h20-21,23-26,30H,7-19H2,1-6H3/t20-,21-,24?,25+,26+,30-,33-,34+/m0/s1. The highest BCUT2D eigenvalue weighted by atomic mass is 16.6. The first-order valence-corrected chi connectivity index (χ1v) is 16.4. The number of amides is 1. The van der Waals surface area contributed by atoms with Crippen molar-refractivity contribution in [3.8, 4) is 0 Å². The molecule has 1 heterocycles. The second-order valence-electron chi connectivity index (χ2n) is 15.6. The molecule has 1 saturated heterocycles. The van der Waals surface area contributed by atoms with Crippen molar-refractivity contribution >= 4 is 29.4 Å². The van der Waals surface area contributed by atoms with Crippen LogP contribution in [0.4, 0.5) is 4.79 Å². The van der Waals surface area contributed by atoms with E-state index in [1.54, 1.807) is 4.90 Å². The molecule has 4 aliphatic carbocycles. The van der Waals surface area contributed by atoms with Crippen LogP contribution in [0.2, 0.25) is 0 Å². The van der Waals surface area contributed by atoms with E-state index in [0.717, 1.165) is 19.3 Å². The summed E-state index contributed by atoms with van der Waals surface area (Å²) in [5.74, 6) is 1.00. The number of nitrogens with zero attached hydrogens (tertiary/aromatic N) is 1. The molecule has 1 aliphatic heterocycles. The number of piperidine rings is 1. The minimum absolute atomic E-state index is 0.0493. The van der Waals surface area contributed by atoms with E-state index < -0.39 is 11.0 Å². The normalized spacial score (nSPS) is 37.9. The van der Waals surface area contributed by atoms with E-state index in [1.807, 2.05) is 20.8 Å². The lowest BCUT2D eigenvalue weighted by Crippen LogP contribution is -2.60. The summed E-state index contributed by atoms with van der Waals surface area (Å²) in [5.41, 5.74) is -1.19. The van der Waals surface area contributed by atoms with Crippen LogP contribution in [0.15, 0.2) is 0 Å². The first kappa shape index (κ1) is 31.2. The number of ether oxygens (including phenoxy) is 2. The van der Waals surface area contributed by atoms with Crippen molar-refractivity contribution in [2.75, 3.05) is 13.1 Å². The fraction of sp³-hybridized carbons (Fsp3) is 0.853. The van der Waals surface area contributed by atoms with Gasteiger partial charge in [-0.25, -0.2) is 4.79 Å². The Morgan fingerprint density at radius 3 is 2.33 bits per heavy atom. The molecule has 5 aliphatic rings. The Hall–Kier alpha value is -2.25. The number of fused-ring (bicyclic) bond motifs is 5. The smallest absolute Gasteiger partial charge is 0.410 e. The molecular weight excluding hydrogens is 534 g/mol. The summed E-state index contributed by atoms with van der Waals surface area (Å²) in [6.07, 6.45) is 6.18. The summed E-state index contributed by atoms with van der Waals surface area (Å²) in [6.45, 7) is 13.0. The summed E-state index contributed by atoms with van der Waals surface area (Å²) in [7, 11) is 0. The molecule has 0 spiro atoms. The molecule has 0 radical (unpaired) electrons. The van der Waals surface area contributed by atoms with Crippen LogP contribution in [-0.2, 0) is 28.7 Å². The van der Waals surface area contributed by atoms with E-state index >= 15 is 0 Å². The second-order valence-corrected chi connectivity index (χ2v) is 15.6. The van der Waals surface area contributed by atoms with Gasteiger partial charge in [0, 0.05) is 69.4 Å². The van der Waals surface area contributed by atoms with Crippen LogP contribution in [0.3, 0.4) is 0 Å². The number of hydrogen-bond acceptors (Lipinski definition) is 7. The molecule has 8 heteroatoms. The second kappa shape index (κ2) is 11.4. The highest BCUT2D eigenvalue weighted by Crippen LogP contribution is 2.66. The van der Waals surface area contributed by atoms with Crippen molar-refractivity contribution in [2.24, 2.45) is 46.3 Å². The molecule has 0 aromatic rings. The molecule has 0 aromatic carbocycles. The number of hydrogen-bond donors (Lipinski definition) is 0. The average Bonchev–Trinajstić information content (AvgIpc) is 3.27. The van der Waals surface area contributed by atoms with Crippen LogP contribution >= 0.6 is 0 Å². The number of carbonyl (C=O) groups excluding carboxylic acids is 5. The zero-order valence-electron chi connectivity index (χ0n) is 26.5. The van der Waals surface area contributed by atoms with Crippen molar-refractivity contribution < 1.29 is 33.4 Å². The highest BCUT2D eigenvalue weighted by Gasteiger charge is 2.66. The van der Waals surface area contributed by atoms with Gasteiger partial charge in [0.1, 0.15) is 29.1 Å². The maximum Gasteiger partial charge on any atom is 0.410 e. The lowest BCUT2D eigenvalue weighted by atomic mass is 9.44. The molecule has 0 aromatic heterocycles. The molecule has 1 unspecified atom stereocenters. The highest BCUT2D eigenvalue weighted by molar-refractivity contribution is 5.93. The van der Waals surface area contributed by atoms with E-state index in [9.17, 15) is 24.0 Å². The molecule has 5 fully saturated rings. The molecule has 8 atom stereocenters.